The molecule has 0 aliphatic rings. The number of carbonyl (C=O) groups excluding carboxylic acids is 2. The van der Waals surface area contributed by atoms with Crippen LogP contribution in [0.1, 0.15) is 33.3 Å². The van der Waals surface area contributed by atoms with Crippen LogP contribution in [0.5, 0.6) is 0 Å². The van der Waals surface area contributed by atoms with Crippen LogP contribution in [0, 0.1) is 0 Å². The lowest BCUT2D eigenvalue weighted by molar-refractivity contribution is -0.206. The minimum Gasteiger partial charge on any atom is -0.419 e. The fourth-order valence-corrected chi connectivity index (χ4v) is 1.66. The van der Waals surface area contributed by atoms with Crippen LogP contribution in [-0.4, -0.2) is 17.7 Å². The van der Waals surface area contributed by atoms with E-state index < -0.39 is 17.7 Å². The van der Waals surface area contributed by atoms with Crippen molar-refractivity contribution in [3.8, 4) is 0 Å². The Labute approximate surface area is 113 Å². The quantitative estimate of drug-likeness (QED) is 0.618. The summed E-state index contributed by atoms with van der Waals surface area (Å²) >= 11 is 0. The van der Waals surface area contributed by atoms with E-state index in [-0.39, 0.29) is 0 Å². The maximum atomic E-state index is 11.2. The molecule has 19 heavy (non-hydrogen) atoms. The van der Waals surface area contributed by atoms with Gasteiger partial charge in [-0.3, -0.25) is 9.59 Å². The van der Waals surface area contributed by atoms with Gasteiger partial charge in [0.25, 0.3) is 5.79 Å². The summed E-state index contributed by atoms with van der Waals surface area (Å²) in [6.07, 6.45) is 1.81. The van der Waals surface area contributed by atoms with Gasteiger partial charge in [0, 0.05) is 26.3 Å². The Bertz CT molecular complexity index is 472. The summed E-state index contributed by atoms with van der Waals surface area (Å²) in [5.41, 5.74) is 1.56. The third-order valence-electron chi connectivity index (χ3n) is 2.58. The molecule has 4 nitrogen and oxygen atoms in total. The second-order valence-corrected chi connectivity index (χ2v) is 4.37. The first kappa shape index (κ1) is 15.0. The van der Waals surface area contributed by atoms with E-state index in [0.29, 0.717) is 5.57 Å². The third-order valence-corrected chi connectivity index (χ3v) is 2.58. The van der Waals surface area contributed by atoms with Gasteiger partial charge >= 0.3 is 11.9 Å². The molecule has 0 aliphatic carbocycles. The average Bonchev–Trinajstić information content (AvgIpc) is 2.27. The van der Waals surface area contributed by atoms with Crippen LogP contribution in [0.2, 0.25) is 0 Å². The molecule has 0 spiro atoms. The third kappa shape index (κ3) is 4.58. The summed E-state index contributed by atoms with van der Waals surface area (Å²) in [7, 11) is 0. The zero-order valence-corrected chi connectivity index (χ0v) is 11.6. The average molecular weight is 262 g/mol. The molecule has 0 unspecified atom stereocenters. The summed E-state index contributed by atoms with van der Waals surface area (Å²) < 4.78 is 10.3. The number of hydrogen-bond donors (Lipinski definition) is 0. The Morgan fingerprint density at radius 2 is 1.47 bits per heavy atom. The Kier molecular flexibility index (Phi) is 4.87. The highest BCUT2D eigenvalue weighted by Gasteiger charge is 2.33. The Morgan fingerprint density at radius 1 is 1.00 bits per heavy atom. The summed E-state index contributed by atoms with van der Waals surface area (Å²) in [4.78, 5) is 22.3. The van der Waals surface area contributed by atoms with Crippen molar-refractivity contribution in [2.75, 3.05) is 0 Å². The van der Waals surface area contributed by atoms with Crippen molar-refractivity contribution in [2.45, 2.75) is 33.5 Å². The molecular formula is C15H18O4. The predicted octanol–water partition coefficient (Wildman–Crippen LogP) is 2.93. The molecule has 0 amide bonds. The molecule has 0 aromatic heterocycles. The summed E-state index contributed by atoms with van der Waals surface area (Å²) in [5, 5.41) is 0. The topological polar surface area (TPSA) is 52.6 Å². The molecule has 0 N–H and O–H groups in total. The molecule has 0 atom stereocenters. The smallest absolute Gasteiger partial charge is 0.306 e. The normalized spacial score (nSPS) is 11.9. The second-order valence-electron chi connectivity index (χ2n) is 4.37. The molecular weight excluding hydrogens is 244 g/mol. The first-order chi connectivity index (χ1) is 8.83. The van der Waals surface area contributed by atoms with Crippen molar-refractivity contribution in [3.63, 3.8) is 0 Å². The summed E-state index contributed by atoms with van der Waals surface area (Å²) in [6.45, 7) is 5.85. The monoisotopic (exact) mass is 262 g/mol. The molecule has 0 radical (unpaired) electrons. The van der Waals surface area contributed by atoms with Crippen LogP contribution in [0.15, 0.2) is 35.9 Å². The molecule has 1 aromatic rings. The van der Waals surface area contributed by atoms with Crippen LogP contribution in [0.25, 0.3) is 6.08 Å². The number of ether oxygens (including phenoxy) is 2. The van der Waals surface area contributed by atoms with Gasteiger partial charge in [-0.15, -0.1) is 0 Å². The van der Waals surface area contributed by atoms with Crippen LogP contribution in [0.3, 0.4) is 0 Å². The predicted molar refractivity (Wildman–Crippen MR) is 72.0 cm³/mol. The summed E-state index contributed by atoms with van der Waals surface area (Å²) in [6, 6.07) is 9.52. The van der Waals surface area contributed by atoms with Crippen molar-refractivity contribution < 1.29 is 19.1 Å². The zero-order valence-electron chi connectivity index (χ0n) is 11.6. The standard InChI is InChI=1S/C15H18O4/c1-11(10-14-8-6-5-7-9-14)15(4,18-12(2)16)19-13(3)17/h5-10H,1-4H3. The Morgan fingerprint density at radius 3 is 1.89 bits per heavy atom. The van der Waals surface area contributed by atoms with Crippen LogP contribution in [0.4, 0.5) is 0 Å². The fraction of sp³-hybridized carbons (Fsp3) is 0.333. The first-order valence-corrected chi connectivity index (χ1v) is 5.96. The maximum Gasteiger partial charge on any atom is 0.306 e. The lowest BCUT2D eigenvalue weighted by atomic mass is 10.1. The van der Waals surface area contributed by atoms with E-state index >= 15 is 0 Å². The number of hydrogen-bond acceptors (Lipinski definition) is 4. The highest BCUT2D eigenvalue weighted by Crippen LogP contribution is 2.25. The minimum atomic E-state index is -1.38. The highest BCUT2D eigenvalue weighted by atomic mass is 16.7. The fourth-order valence-electron chi connectivity index (χ4n) is 1.66. The number of rotatable bonds is 4. The van der Waals surface area contributed by atoms with Gasteiger partial charge in [-0.25, -0.2) is 0 Å². The number of esters is 2. The molecule has 0 fully saturated rings. The van der Waals surface area contributed by atoms with Gasteiger partial charge in [0.1, 0.15) is 0 Å². The van der Waals surface area contributed by atoms with Crippen molar-refractivity contribution in [1.82, 2.24) is 0 Å². The van der Waals surface area contributed by atoms with Gasteiger partial charge < -0.3 is 9.47 Å². The summed E-state index contributed by atoms with van der Waals surface area (Å²) in [5.74, 6) is -2.40. The van der Waals surface area contributed by atoms with E-state index in [4.69, 9.17) is 9.47 Å². The molecule has 0 saturated heterocycles. The molecule has 0 bridgehead atoms. The number of carbonyl (C=O) groups is 2. The Balaban J connectivity index is 3.06. The van der Waals surface area contributed by atoms with Gasteiger partial charge in [-0.1, -0.05) is 30.3 Å². The molecule has 4 heteroatoms. The molecule has 1 rings (SSSR count). The van der Waals surface area contributed by atoms with Crippen molar-refractivity contribution in [3.05, 3.63) is 41.5 Å². The lowest BCUT2D eigenvalue weighted by Crippen LogP contribution is -2.37. The first-order valence-electron chi connectivity index (χ1n) is 5.96. The number of benzene rings is 1. The molecule has 0 saturated carbocycles. The molecule has 1 aromatic carbocycles. The van der Waals surface area contributed by atoms with E-state index in [0.717, 1.165) is 5.56 Å². The van der Waals surface area contributed by atoms with Gasteiger partial charge in [-0.2, -0.15) is 0 Å². The van der Waals surface area contributed by atoms with E-state index in [1.165, 1.54) is 13.8 Å². The molecule has 0 heterocycles. The SMILES string of the molecule is CC(=O)OC(C)(OC(C)=O)C(C)=Cc1ccccc1. The van der Waals surface area contributed by atoms with Crippen molar-refractivity contribution >= 4 is 18.0 Å². The van der Waals surface area contributed by atoms with Crippen molar-refractivity contribution in [2.24, 2.45) is 0 Å². The highest BCUT2D eigenvalue weighted by molar-refractivity contribution is 5.70. The minimum absolute atomic E-state index is 0.510. The molecule has 0 aliphatic heterocycles. The van der Waals surface area contributed by atoms with E-state index in [2.05, 4.69) is 0 Å². The maximum absolute atomic E-state index is 11.2. The Hall–Kier alpha value is -2.10. The van der Waals surface area contributed by atoms with Crippen molar-refractivity contribution in [1.29, 1.82) is 0 Å². The second kappa shape index (κ2) is 6.18. The molecule has 102 valence electrons. The van der Waals surface area contributed by atoms with Gasteiger partial charge in [0.15, 0.2) is 0 Å². The van der Waals surface area contributed by atoms with Gasteiger partial charge in [-0.05, 0) is 18.6 Å². The van der Waals surface area contributed by atoms with E-state index in [1.807, 2.05) is 36.4 Å². The largest absolute Gasteiger partial charge is 0.419 e. The lowest BCUT2D eigenvalue weighted by Gasteiger charge is -2.29. The van der Waals surface area contributed by atoms with Crippen LogP contribution < -0.4 is 0 Å². The van der Waals surface area contributed by atoms with Gasteiger partial charge in [0.05, 0.1) is 0 Å². The zero-order chi connectivity index (χ0) is 14.5. The van der Waals surface area contributed by atoms with E-state index in [9.17, 15) is 9.59 Å². The van der Waals surface area contributed by atoms with E-state index in [1.54, 1.807) is 13.8 Å². The van der Waals surface area contributed by atoms with Crippen LogP contribution in [-0.2, 0) is 19.1 Å². The van der Waals surface area contributed by atoms with Gasteiger partial charge in [0.2, 0.25) is 0 Å². The van der Waals surface area contributed by atoms with Crippen LogP contribution >= 0.6 is 0 Å².